The first-order valence-electron chi connectivity index (χ1n) is 6.57. The van der Waals surface area contributed by atoms with Crippen LogP contribution in [0.25, 0.3) is 0 Å². The molecule has 1 atom stereocenters. The largest absolute Gasteiger partial charge is 0.507 e. The van der Waals surface area contributed by atoms with Gasteiger partial charge in [0.25, 0.3) is 11.6 Å². The van der Waals surface area contributed by atoms with Crippen molar-refractivity contribution in [1.82, 2.24) is 10.7 Å². The first-order chi connectivity index (χ1) is 10.5. The third-order valence-corrected chi connectivity index (χ3v) is 3.20. The van der Waals surface area contributed by atoms with E-state index in [2.05, 4.69) is 15.8 Å². The third kappa shape index (κ3) is 3.57. The van der Waals surface area contributed by atoms with Gasteiger partial charge < -0.3 is 10.4 Å². The van der Waals surface area contributed by atoms with Crippen LogP contribution >= 0.6 is 0 Å². The molecule has 1 heterocycles. The van der Waals surface area contributed by atoms with Crippen molar-refractivity contribution in [2.75, 3.05) is 6.54 Å². The number of nitro benzene ring substituents is 1. The topological polar surface area (TPSA) is 134 Å². The molecular formula is C13H14N4O5. The quantitative estimate of drug-likeness (QED) is 0.318. The van der Waals surface area contributed by atoms with Gasteiger partial charge in [-0.15, -0.1) is 0 Å². The fourth-order valence-corrected chi connectivity index (χ4v) is 2.02. The summed E-state index contributed by atoms with van der Waals surface area (Å²) in [5.74, 6) is -1.92. The van der Waals surface area contributed by atoms with Gasteiger partial charge in [0.05, 0.1) is 11.1 Å². The molecule has 1 aliphatic rings. The lowest BCUT2D eigenvalue weighted by atomic mass is 9.98. The molecule has 9 nitrogen and oxygen atoms in total. The molecule has 116 valence electrons. The maximum atomic E-state index is 11.8. The summed E-state index contributed by atoms with van der Waals surface area (Å²) in [4.78, 5) is 33.4. The lowest BCUT2D eigenvalue weighted by Gasteiger charge is -2.19. The Morgan fingerprint density at radius 2 is 2.32 bits per heavy atom. The number of phenolic OH excluding ortho intramolecular Hbond substituents is 1. The number of rotatable bonds is 4. The zero-order valence-electron chi connectivity index (χ0n) is 11.5. The predicted molar refractivity (Wildman–Crippen MR) is 76.2 cm³/mol. The maximum absolute atomic E-state index is 11.8. The molecule has 0 radical (unpaired) electrons. The van der Waals surface area contributed by atoms with Gasteiger partial charge in [-0.3, -0.25) is 19.7 Å². The lowest BCUT2D eigenvalue weighted by molar-refractivity contribution is -0.384. The normalized spacial score (nSPS) is 18.0. The number of aromatic hydroxyl groups is 1. The Bertz CT molecular complexity index is 643. The van der Waals surface area contributed by atoms with E-state index in [0.29, 0.717) is 19.4 Å². The van der Waals surface area contributed by atoms with Gasteiger partial charge >= 0.3 is 0 Å². The number of carbonyl (C=O) groups is 2. The van der Waals surface area contributed by atoms with Crippen molar-refractivity contribution in [2.45, 2.75) is 12.8 Å². The Labute approximate surface area is 125 Å². The minimum absolute atomic E-state index is 0.0857. The molecule has 1 saturated heterocycles. The molecule has 0 bridgehead atoms. The Hall–Kier alpha value is -2.97. The van der Waals surface area contributed by atoms with Crippen LogP contribution in [-0.4, -0.2) is 34.6 Å². The molecule has 9 heteroatoms. The van der Waals surface area contributed by atoms with Crippen LogP contribution < -0.4 is 10.7 Å². The van der Waals surface area contributed by atoms with E-state index in [9.17, 15) is 24.8 Å². The summed E-state index contributed by atoms with van der Waals surface area (Å²) in [6, 6.07) is 3.44. The van der Waals surface area contributed by atoms with Crippen LogP contribution in [0, 0.1) is 16.0 Å². The van der Waals surface area contributed by atoms with E-state index in [1.807, 2.05) is 0 Å². The molecule has 1 unspecified atom stereocenters. The number of benzene rings is 1. The first-order valence-corrected chi connectivity index (χ1v) is 6.57. The molecule has 0 aromatic heterocycles. The molecule has 1 fully saturated rings. The van der Waals surface area contributed by atoms with Gasteiger partial charge in [0.1, 0.15) is 11.7 Å². The van der Waals surface area contributed by atoms with Crippen LogP contribution in [0.1, 0.15) is 18.4 Å². The van der Waals surface area contributed by atoms with Gasteiger partial charge in [0.2, 0.25) is 5.91 Å². The van der Waals surface area contributed by atoms with Gasteiger partial charge in [0.15, 0.2) is 0 Å². The number of hydrazone groups is 1. The monoisotopic (exact) mass is 306 g/mol. The third-order valence-electron chi connectivity index (χ3n) is 3.20. The van der Waals surface area contributed by atoms with Crippen molar-refractivity contribution in [1.29, 1.82) is 0 Å². The molecule has 0 spiro atoms. The molecule has 0 aliphatic carbocycles. The molecule has 2 rings (SSSR count). The van der Waals surface area contributed by atoms with E-state index >= 15 is 0 Å². The minimum atomic E-state index is -0.801. The highest BCUT2D eigenvalue weighted by molar-refractivity contribution is 6.01. The Morgan fingerprint density at radius 3 is 3.00 bits per heavy atom. The van der Waals surface area contributed by atoms with Crippen LogP contribution in [0.3, 0.4) is 0 Å². The van der Waals surface area contributed by atoms with E-state index in [1.54, 1.807) is 0 Å². The van der Waals surface area contributed by atoms with Gasteiger partial charge in [0, 0.05) is 24.2 Å². The molecule has 3 N–H and O–H groups in total. The average molecular weight is 306 g/mol. The molecule has 1 aliphatic heterocycles. The van der Waals surface area contributed by atoms with E-state index in [-0.39, 0.29) is 22.9 Å². The Kier molecular flexibility index (Phi) is 4.66. The molecular weight excluding hydrogens is 292 g/mol. The van der Waals surface area contributed by atoms with Crippen LogP contribution in [0.4, 0.5) is 5.69 Å². The fraction of sp³-hybridized carbons (Fsp3) is 0.308. The van der Waals surface area contributed by atoms with Crippen molar-refractivity contribution in [2.24, 2.45) is 11.0 Å². The second-order valence-corrected chi connectivity index (χ2v) is 4.72. The first kappa shape index (κ1) is 15.4. The molecule has 2 amide bonds. The summed E-state index contributed by atoms with van der Waals surface area (Å²) in [5.41, 5.74) is 2.07. The molecule has 22 heavy (non-hydrogen) atoms. The lowest BCUT2D eigenvalue weighted by Crippen LogP contribution is -2.43. The number of nitrogens with zero attached hydrogens (tertiary/aromatic N) is 2. The highest BCUT2D eigenvalue weighted by Crippen LogP contribution is 2.21. The van der Waals surface area contributed by atoms with Crippen LogP contribution in [-0.2, 0) is 9.59 Å². The van der Waals surface area contributed by atoms with Gasteiger partial charge in [-0.25, -0.2) is 5.43 Å². The standard InChI is InChI=1S/C13H14N4O5/c18-11-4-3-9(17(21)22)6-8(11)7-15-16-13(20)10-2-1-5-14-12(10)19/h3-4,6-7,10,18H,1-2,5H2,(H,14,19)(H,16,20)/b15-7+. The zero-order chi connectivity index (χ0) is 16.1. The van der Waals surface area contributed by atoms with Gasteiger partial charge in [-0.1, -0.05) is 0 Å². The minimum Gasteiger partial charge on any atom is -0.507 e. The predicted octanol–water partition coefficient (Wildman–Crippen LogP) is 0.277. The number of hydrogen-bond donors (Lipinski definition) is 3. The summed E-state index contributed by atoms with van der Waals surface area (Å²) in [6.07, 6.45) is 2.23. The smallest absolute Gasteiger partial charge is 0.270 e. The van der Waals surface area contributed by atoms with Gasteiger partial charge in [-0.05, 0) is 18.9 Å². The Balaban J connectivity index is 2.03. The summed E-state index contributed by atoms with van der Waals surface area (Å²) in [6.45, 7) is 0.549. The summed E-state index contributed by atoms with van der Waals surface area (Å²) >= 11 is 0. The molecule has 1 aromatic rings. The van der Waals surface area contributed by atoms with E-state index in [4.69, 9.17) is 0 Å². The van der Waals surface area contributed by atoms with E-state index < -0.39 is 16.7 Å². The second-order valence-electron chi connectivity index (χ2n) is 4.72. The highest BCUT2D eigenvalue weighted by atomic mass is 16.6. The number of nitrogens with one attached hydrogen (secondary N) is 2. The van der Waals surface area contributed by atoms with Crippen molar-refractivity contribution >= 4 is 23.7 Å². The Morgan fingerprint density at radius 1 is 1.55 bits per heavy atom. The van der Waals surface area contributed by atoms with E-state index in [0.717, 1.165) is 24.4 Å². The number of amides is 2. The highest BCUT2D eigenvalue weighted by Gasteiger charge is 2.28. The van der Waals surface area contributed by atoms with Crippen LogP contribution in [0.2, 0.25) is 0 Å². The number of nitro groups is 1. The molecule has 0 saturated carbocycles. The SMILES string of the molecule is O=C1NCCCC1C(=O)N/N=C/c1cc([N+](=O)[O-])ccc1O. The fourth-order valence-electron chi connectivity index (χ4n) is 2.02. The zero-order valence-corrected chi connectivity index (χ0v) is 11.5. The summed E-state index contributed by atoms with van der Waals surface area (Å²) in [5, 5.41) is 26.4. The van der Waals surface area contributed by atoms with E-state index in [1.165, 1.54) is 0 Å². The van der Waals surface area contributed by atoms with Crippen LogP contribution in [0.15, 0.2) is 23.3 Å². The summed E-state index contributed by atoms with van der Waals surface area (Å²) in [7, 11) is 0. The number of non-ortho nitro benzene ring substituents is 1. The second kappa shape index (κ2) is 6.66. The molecule has 1 aromatic carbocycles. The average Bonchev–Trinajstić information content (AvgIpc) is 2.49. The number of piperidine rings is 1. The maximum Gasteiger partial charge on any atom is 0.270 e. The van der Waals surface area contributed by atoms with Crippen molar-refractivity contribution in [3.63, 3.8) is 0 Å². The number of carbonyl (C=O) groups excluding carboxylic acids is 2. The van der Waals surface area contributed by atoms with Gasteiger partial charge in [-0.2, -0.15) is 5.10 Å². The summed E-state index contributed by atoms with van der Waals surface area (Å²) < 4.78 is 0. The number of hydrogen-bond acceptors (Lipinski definition) is 6. The number of phenols is 1. The van der Waals surface area contributed by atoms with Crippen molar-refractivity contribution in [3.8, 4) is 5.75 Å². The van der Waals surface area contributed by atoms with Crippen molar-refractivity contribution in [3.05, 3.63) is 33.9 Å². The van der Waals surface area contributed by atoms with Crippen LogP contribution in [0.5, 0.6) is 5.75 Å². The van der Waals surface area contributed by atoms with Crippen molar-refractivity contribution < 1.29 is 19.6 Å².